The molecule has 20 heavy (non-hydrogen) atoms. The van der Waals surface area contributed by atoms with Crippen LogP contribution in [-0.2, 0) is 11.2 Å². The molecule has 1 N–H and O–H groups in total. The van der Waals surface area contributed by atoms with Gasteiger partial charge in [0.05, 0.1) is 19.6 Å². The number of amides is 1. The van der Waals surface area contributed by atoms with E-state index in [4.69, 9.17) is 4.74 Å². The molecule has 1 heterocycles. The van der Waals surface area contributed by atoms with Crippen LogP contribution in [0, 0.1) is 6.92 Å². The van der Waals surface area contributed by atoms with E-state index in [-0.39, 0.29) is 11.9 Å². The molecule has 0 fully saturated rings. The maximum Gasteiger partial charge on any atom is 0.225 e. The van der Waals surface area contributed by atoms with Crippen molar-refractivity contribution in [1.29, 1.82) is 0 Å². The molecule has 0 spiro atoms. The first-order valence-electron chi connectivity index (χ1n) is 6.71. The van der Waals surface area contributed by atoms with Gasteiger partial charge in [-0.3, -0.25) is 4.79 Å². The summed E-state index contributed by atoms with van der Waals surface area (Å²) in [6.07, 6.45) is 0.460. The zero-order valence-corrected chi connectivity index (χ0v) is 11.6. The number of nitrogens with one attached hydrogen (secondary N) is 1. The van der Waals surface area contributed by atoms with Gasteiger partial charge in [-0.1, -0.05) is 30.3 Å². The van der Waals surface area contributed by atoms with Crippen molar-refractivity contribution in [1.82, 2.24) is 5.32 Å². The Labute approximate surface area is 118 Å². The number of rotatable bonds is 2. The molecule has 2 aromatic carbocycles. The summed E-state index contributed by atoms with van der Waals surface area (Å²) in [6.45, 7) is 2.04. The van der Waals surface area contributed by atoms with Crippen molar-refractivity contribution >= 4 is 5.91 Å². The molecule has 0 aromatic heterocycles. The van der Waals surface area contributed by atoms with Crippen LogP contribution in [0.4, 0.5) is 0 Å². The van der Waals surface area contributed by atoms with Crippen LogP contribution in [0.5, 0.6) is 5.75 Å². The highest BCUT2D eigenvalue weighted by Gasteiger charge is 2.26. The lowest BCUT2D eigenvalue weighted by atomic mass is 9.88. The lowest BCUT2D eigenvalue weighted by molar-refractivity contribution is -0.121. The van der Waals surface area contributed by atoms with Crippen LogP contribution in [-0.4, -0.2) is 13.0 Å². The number of aryl methyl sites for hydroxylation is 1. The van der Waals surface area contributed by atoms with E-state index in [2.05, 4.69) is 11.4 Å². The number of methoxy groups -OCH3 is 1. The van der Waals surface area contributed by atoms with E-state index in [1.54, 1.807) is 7.11 Å². The first kappa shape index (κ1) is 12.7. The topological polar surface area (TPSA) is 38.3 Å². The molecule has 0 aliphatic carbocycles. The Morgan fingerprint density at radius 1 is 1.15 bits per heavy atom. The van der Waals surface area contributed by atoms with Crippen LogP contribution >= 0.6 is 0 Å². The maximum absolute atomic E-state index is 11.9. The third-order valence-electron chi connectivity index (χ3n) is 3.81. The van der Waals surface area contributed by atoms with E-state index in [0.717, 1.165) is 22.4 Å². The zero-order valence-electron chi connectivity index (χ0n) is 11.6. The Hall–Kier alpha value is -2.29. The molecule has 3 heteroatoms. The molecule has 0 saturated heterocycles. The van der Waals surface area contributed by atoms with Crippen molar-refractivity contribution < 1.29 is 9.53 Å². The van der Waals surface area contributed by atoms with E-state index >= 15 is 0 Å². The van der Waals surface area contributed by atoms with Crippen molar-refractivity contribution in [3.8, 4) is 5.75 Å². The molecule has 1 aliphatic rings. The highest BCUT2D eigenvalue weighted by molar-refractivity contribution is 5.82. The third-order valence-corrected chi connectivity index (χ3v) is 3.81. The number of carbonyl (C=O) groups excluding carboxylic acids is 1. The molecule has 1 amide bonds. The Morgan fingerprint density at radius 2 is 1.95 bits per heavy atom. The van der Waals surface area contributed by atoms with Gasteiger partial charge in [-0.15, -0.1) is 0 Å². The van der Waals surface area contributed by atoms with E-state index < -0.39 is 0 Å². The molecule has 3 rings (SSSR count). The van der Waals surface area contributed by atoms with Gasteiger partial charge in [0.25, 0.3) is 0 Å². The fourth-order valence-corrected chi connectivity index (χ4v) is 2.78. The minimum absolute atomic E-state index is 0.0710. The molecule has 0 radical (unpaired) electrons. The summed E-state index contributed by atoms with van der Waals surface area (Å²) in [5, 5.41) is 3.09. The number of carbonyl (C=O) groups is 1. The summed E-state index contributed by atoms with van der Waals surface area (Å²) >= 11 is 0. The van der Waals surface area contributed by atoms with Crippen molar-refractivity contribution in [3.05, 3.63) is 64.7 Å². The smallest absolute Gasteiger partial charge is 0.225 e. The Bertz CT molecular complexity index is 664. The van der Waals surface area contributed by atoms with Gasteiger partial charge in [0.15, 0.2) is 0 Å². The number of ether oxygens (including phenoxy) is 1. The standard InChI is InChI=1S/C17H17NO2/c1-11-9-13(20-2)7-8-14(11)17-15-6-4-3-5-12(15)10-16(19)18-17/h3-9,17H,10H2,1-2H3,(H,18,19). The van der Waals surface area contributed by atoms with Gasteiger partial charge >= 0.3 is 0 Å². The quantitative estimate of drug-likeness (QED) is 0.908. The van der Waals surface area contributed by atoms with E-state index in [1.807, 2.05) is 43.3 Å². The molecule has 2 aromatic rings. The molecular formula is C17H17NO2. The van der Waals surface area contributed by atoms with Gasteiger partial charge < -0.3 is 10.1 Å². The van der Waals surface area contributed by atoms with Gasteiger partial charge in [0.2, 0.25) is 5.91 Å². The second kappa shape index (κ2) is 5.00. The van der Waals surface area contributed by atoms with Crippen LogP contribution in [0.1, 0.15) is 28.3 Å². The minimum atomic E-state index is -0.0710. The molecule has 1 unspecified atom stereocenters. The summed E-state index contributed by atoms with van der Waals surface area (Å²) in [5.74, 6) is 0.908. The fraction of sp³-hybridized carbons (Fsp3) is 0.235. The lowest BCUT2D eigenvalue weighted by Gasteiger charge is -2.28. The van der Waals surface area contributed by atoms with Gasteiger partial charge in [-0.2, -0.15) is 0 Å². The number of fused-ring (bicyclic) bond motifs is 1. The van der Waals surface area contributed by atoms with Crippen molar-refractivity contribution in [2.24, 2.45) is 0 Å². The van der Waals surface area contributed by atoms with Crippen molar-refractivity contribution in [2.45, 2.75) is 19.4 Å². The summed E-state index contributed by atoms with van der Waals surface area (Å²) in [5.41, 5.74) is 4.52. The minimum Gasteiger partial charge on any atom is -0.497 e. The summed E-state index contributed by atoms with van der Waals surface area (Å²) in [7, 11) is 1.66. The molecule has 0 bridgehead atoms. The van der Waals surface area contributed by atoms with Crippen LogP contribution in [0.25, 0.3) is 0 Å². The molecule has 102 valence electrons. The maximum atomic E-state index is 11.9. The second-order valence-electron chi connectivity index (χ2n) is 5.10. The van der Waals surface area contributed by atoms with Crippen LogP contribution in [0.15, 0.2) is 42.5 Å². The van der Waals surface area contributed by atoms with Gasteiger partial charge in [0.1, 0.15) is 5.75 Å². The highest BCUT2D eigenvalue weighted by atomic mass is 16.5. The SMILES string of the molecule is COc1ccc(C2NC(=O)Cc3ccccc32)c(C)c1. The predicted molar refractivity (Wildman–Crippen MR) is 77.9 cm³/mol. The number of benzene rings is 2. The second-order valence-corrected chi connectivity index (χ2v) is 5.10. The number of hydrogen-bond donors (Lipinski definition) is 1. The number of hydrogen-bond acceptors (Lipinski definition) is 2. The summed E-state index contributed by atoms with van der Waals surface area (Å²) in [6, 6.07) is 14.0. The van der Waals surface area contributed by atoms with Gasteiger partial charge in [-0.25, -0.2) is 0 Å². The van der Waals surface area contributed by atoms with E-state index in [9.17, 15) is 4.79 Å². The Balaban J connectivity index is 2.08. The Kier molecular flexibility index (Phi) is 3.18. The van der Waals surface area contributed by atoms with Gasteiger partial charge in [-0.05, 0) is 41.3 Å². The summed E-state index contributed by atoms with van der Waals surface area (Å²) in [4.78, 5) is 11.9. The van der Waals surface area contributed by atoms with Crippen LogP contribution in [0.3, 0.4) is 0 Å². The first-order valence-corrected chi connectivity index (χ1v) is 6.71. The van der Waals surface area contributed by atoms with Crippen molar-refractivity contribution in [3.63, 3.8) is 0 Å². The van der Waals surface area contributed by atoms with Crippen molar-refractivity contribution in [2.75, 3.05) is 7.11 Å². The molecule has 1 aliphatic heterocycles. The zero-order chi connectivity index (χ0) is 14.1. The van der Waals surface area contributed by atoms with Gasteiger partial charge in [0, 0.05) is 0 Å². The first-order chi connectivity index (χ1) is 9.69. The average molecular weight is 267 g/mol. The average Bonchev–Trinajstić information content (AvgIpc) is 2.46. The Morgan fingerprint density at radius 3 is 2.70 bits per heavy atom. The van der Waals surface area contributed by atoms with E-state index in [1.165, 1.54) is 5.56 Å². The molecule has 3 nitrogen and oxygen atoms in total. The highest BCUT2D eigenvalue weighted by Crippen LogP contribution is 2.32. The normalized spacial score (nSPS) is 17.3. The molecule has 1 atom stereocenters. The van der Waals surface area contributed by atoms with E-state index in [0.29, 0.717) is 6.42 Å². The van der Waals surface area contributed by atoms with Crippen LogP contribution in [0.2, 0.25) is 0 Å². The fourth-order valence-electron chi connectivity index (χ4n) is 2.78. The monoisotopic (exact) mass is 267 g/mol. The third kappa shape index (κ3) is 2.16. The lowest BCUT2D eigenvalue weighted by Crippen LogP contribution is -2.36. The van der Waals surface area contributed by atoms with Crippen LogP contribution < -0.4 is 10.1 Å². The molecule has 0 saturated carbocycles. The summed E-state index contributed by atoms with van der Waals surface area (Å²) < 4.78 is 5.24. The predicted octanol–water partition coefficient (Wildman–Crippen LogP) is 2.77. The largest absolute Gasteiger partial charge is 0.497 e. The molecular weight excluding hydrogens is 250 g/mol.